The molecule has 1 rings (SSSR count). The van der Waals surface area contributed by atoms with Crippen LogP contribution >= 0.6 is 0 Å². The SMILES string of the molecule is CCN(C(C)CC(C)(N)CO)C1CCCC1. The lowest BCUT2D eigenvalue weighted by atomic mass is 9.94. The van der Waals surface area contributed by atoms with Crippen LogP contribution in [0.25, 0.3) is 0 Å². The molecule has 0 aromatic rings. The highest BCUT2D eigenvalue weighted by Gasteiger charge is 2.29. The third kappa shape index (κ3) is 3.72. The summed E-state index contributed by atoms with van der Waals surface area (Å²) in [4.78, 5) is 2.56. The molecule has 96 valence electrons. The van der Waals surface area contributed by atoms with Gasteiger partial charge in [-0.1, -0.05) is 19.8 Å². The van der Waals surface area contributed by atoms with Crippen LogP contribution in [0.4, 0.5) is 0 Å². The topological polar surface area (TPSA) is 49.5 Å². The smallest absolute Gasteiger partial charge is 0.0609 e. The molecule has 2 unspecified atom stereocenters. The van der Waals surface area contributed by atoms with Gasteiger partial charge in [-0.3, -0.25) is 4.90 Å². The van der Waals surface area contributed by atoms with E-state index in [-0.39, 0.29) is 6.61 Å². The van der Waals surface area contributed by atoms with Crippen LogP contribution in [0.5, 0.6) is 0 Å². The van der Waals surface area contributed by atoms with E-state index in [1.54, 1.807) is 0 Å². The minimum Gasteiger partial charge on any atom is -0.394 e. The van der Waals surface area contributed by atoms with Crippen LogP contribution in [0.15, 0.2) is 0 Å². The summed E-state index contributed by atoms with van der Waals surface area (Å²) in [6, 6.07) is 1.21. The number of nitrogens with zero attached hydrogens (tertiary/aromatic N) is 1. The quantitative estimate of drug-likeness (QED) is 0.728. The zero-order valence-electron chi connectivity index (χ0n) is 11.1. The average molecular weight is 228 g/mol. The molecular weight excluding hydrogens is 200 g/mol. The van der Waals surface area contributed by atoms with Crippen molar-refractivity contribution in [3.8, 4) is 0 Å². The molecule has 0 aromatic heterocycles. The minimum absolute atomic E-state index is 0.0690. The zero-order valence-corrected chi connectivity index (χ0v) is 11.1. The first-order valence-corrected chi connectivity index (χ1v) is 6.65. The van der Waals surface area contributed by atoms with Crippen molar-refractivity contribution >= 4 is 0 Å². The molecule has 3 N–H and O–H groups in total. The molecule has 0 radical (unpaired) electrons. The standard InChI is InChI=1S/C13H28N2O/c1-4-15(12-7-5-6-8-12)11(2)9-13(3,14)10-16/h11-12,16H,4-10,14H2,1-3H3. The van der Waals surface area contributed by atoms with E-state index in [0.29, 0.717) is 6.04 Å². The number of nitrogens with two attached hydrogens (primary N) is 1. The molecule has 0 bridgehead atoms. The number of hydrogen-bond acceptors (Lipinski definition) is 3. The van der Waals surface area contributed by atoms with E-state index in [1.807, 2.05) is 6.92 Å². The highest BCUT2D eigenvalue weighted by Crippen LogP contribution is 2.26. The fraction of sp³-hybridized carbons (Fsp3) is 1.00. The lowest BCUT2D eigenvalue weighted by Gasteiger charge is -2.37. The van der Waals surface area contributed by atoms with E-state index in [9.17, 15) is 5.11 Å². The Balaban J connectivity index is 2.51. The van der Waals surface area contributed by atoms with Gasteiger partial charge in [0.2, 0.25) is 0 Å². The summed E-state index contributed by atoms with van der Waals surface area (Å²) >= 11 is 0. The number of hydrogen-bond donors (Lipinski definition) is 2. The van der Waals surface area contributed by atoms with Crippen LogP contribution in [0.3, 0.4) is 0 Å². The van der Waals surface area contributed by atoms with Crippen molar-refractivity contribution in [3.05, 3.63) is 0 Å². The predicted octanol–water partition coefficient (Wildman–Crippen LogP) is 1.74. The van der Waals surface area contributed by atoms with Crippen LogP contribution in [-0.2, 0) is 0 Å². The van der Waals surface area contributed by atoms with Crippen LogP contribution in [0.2, 0.25) is 0 Å². The number of aliphatic hydroxyl groups excluding tert-OH is 1. The monoisotopic (exact) mass is 228 g/mol. The molecule has 16 heavy (non-hydrogen) atoms. The molecule has 0 saturated heterocycles. The second-order valence-electron chi connectivity index (χ2n) is 5.63. The number of rotatable bonds is 6. The van der Waals surface area contributed by atoms with Gasteiger partial charge in [-0.25, -0.2) is 0 Å². The Bertz CT molecular complexity index is 200. The highest BCUT2D eigenvalue weighted by atomic mass is 16.3. The van der Waals surface area contributed by atoms with Gasteiger partial charge in [0.05, 0.1) is 6.61 Å². The molecule has 1 aliphatic carbocycles. The van der Waals surface area contributed by atoms with E-state index in [0.717, 1.165) is 19.0 Å². The van der Waals surface area contributed by atoms with Gasteiger partial charge in [0.1, 0.15) is 0 Å². The second kappa shape index (κ2) is 5.99. The molecule has 3 nitrogen and oxygen atoms in total. The first-order valence-electron chi connectivity index (χ1n) is 6.65. The van der Waals surface area contributed by atoms with Crippen molar-refractivity contribution < 1.29 is 5.11 Å². The van der Waals surface area contributed by atoms with Crippen LogP contribution < -0.4 is 5.73 Å². The van der Waals surface area contributed by atoms with Gasteiger partial charge >= 0.3 is 0 Å². The van der Waals surface area contributed by atoms with Gasteiger partial charge in [-0.05, 0) is 39.7 Å². The van der Waals surface area contributed by atoms with Crippen molar-refractivity contribution in [3.63, 3.8) is 0 Å². The summed E-state index contributed by atoms with van der Waals surface area (Å²) in [5.74, 6) is 0. The van der Waals surface area contributed by atoms with Gasteiger partial charge in [0, 0.05) is 17.6 Å². The first-order chi connectivity index (χ1) is 7.50. The molecule has 0 heterocycles. The Kier molecular flexibility index (Phi) is 5.22. The minimum atomic E-state index is -0.439. The molecule has 1 aliphatic rings. The molecule has 1 fully saturated rings. The first kappa shape index (κ1) is 13.9. The summed E-state index contributed by atoms with van der Waals surface area (Å²) in [6.07, 6.45) is 6.27. The Labute approximate surface area is 100 Å². The maximum atomic E-state index is 9.22. The van der Waals surface area contributed by atoms with E-state index >= 15 is 0 Å². The lowest BCUT2D eigenvalue weighted by molar-refractivity contribution is 0.108. The normalized spacial score (nSPS) is 23.6. The summed E-state index contributed by atoms with van der Waals surface area (Å²) < 4.78 is 0. The Morgan fingerprint density at radius 2 is 2.00 bits per heavy atom. The Hall–Kier alpha value is -0.120. The summed E-state index contributed by atoms with van der Waals surface area (Å²) in [6.45, 7) is 7.56. The summed E-state index contributed by atoms with van der Waals surface area (Å²) in [5.41, 5.74) is 5.59. The predicted molar refractivity (Wildman–Crippen MR) is 68.4 cm³/mol. The summed E-state index contributed by atoms with van der Waals surface area (Å²) in [5, 5.41) is 9.22. The van der Waals surface area contributed by atoms with Gasteiger partial charge in [-0.15, -0.1) is 0 Å². The fourth-order valence-corrected chi connectivity index (χ4v) is 3.02. The Morgan fingerprint density at radius 1 is 1.44 bits per heavy atom. The van der Waals surface area contributed by atoms with Crippen molar-refractivity contribution in [1.29, 1.82) is 0 Å². The largest absolute Gasteiger partial charge is 0.394 e. The van der Waals surface area contributed by atoms with Crippen LogP contribution in [-0.4, -0.2) is 40.8 Å². The van der Waals surface area contributed by atoms with Crippen LogP contribution in [0.1, 0.15) is 52.9 Å². The zero-order chi connectivity index (χ0) is 12.2. The highest BCUT2D eigenvalue weighted by molar-refractivity contribution is 4.87. The molecule has 0 spiro atoms. The van der Waals surface area contributed by atoms with Crippen LogP contribution in [0, 0.1) is 0 Å². The van der Waals surface area contributed by atoms with Crippen molar-refractivity contribution in [2.45, 2.75) is 70.5 Å². The molecule has 1 saturated carbocycles. The summed E-state index contributed by atoms with van der Waals surface area (Å²) in [7, 11) is 0. The maximum absolute atomic E-state index is 9.22. The van der Waals surface area contributed by atoms with E-state index in [1.165, 1.54) is 25.7 Å². The van der Waals surface area contributed by atoms with Gasteiger partial charge in [-0.2, -0.15) is 0 Å². The Morgan fingerprint density at radius 3 is 2.44 bits per heavy atom. The number of aliphatic hydroxyl groups is 1. The molecular formula is C13H28N2O. The van der Waals surface area contributed by atoms with Crippen molar-refractivity contribution in [2.24, 2.45) is 5.73 Å². The average Bonchev–Trinajstić information content (AvgIpc) is 2.71. The second-order valence-corrected chi connectivity index (χ2v) is 5.63. The van der Waals surface area contributed by atoms with E-state index < -0.39 is 5.54 Å². The molecule has 0 amide bonds. The fourth-order valence-electron chi connectivity index (χ4n) is 3.02. The molecule has 2 atom stereocenters. The third-order valence-electron chi connectivity index (χ3n) is 3.85. The van der Waals surface area contributed by atoms with E-state index in [2.05, 4.69) is 18.7 Å². The molecule has 0 aliphatic heterocycles. The van der Waals surface area contributed by atoms with Gasteiger partial charge < -0.3 is 10.8 Å². The lowest BCUT2D eigenvalue weighted by Crippen LogP contribution is -2.49. The van der Waals surface area contributed by atoms with E-state index in [4.69, 9.17) is 5.73 Å². The van der Waals surface area contributed by atoms with Crippen molar-refractivity contribution in [1.82, 2.24) is 4.90 Å². The third-order valence-corrected chi connectivity index (χ3v) is 3.85. The molecule has 0 aromatic carbocycles. The van der Waals surface area contributed by atoms with Gasteiger partial charge in [0.25, 0.3) is 0 Å². The van der Waals surface area contributed by atoms with Crippen molar-refractivity contribution in [2.75, 3.05) is 13.2 Å². The molecule has 3 heteroatoms. The maximum Gasteiger partial charge on any atom is 0.0609 e. The van der Waals surface area contributed by atoms with Gasteiger partial charge in [0.15, 0.2) is 0 Å².